The highest BCUT2D eigenvalue weighted by atomic mass is 31.1. The maximum absolute atomic E-state index is 9.78. The Morgan fingerprint density at radius 3 is 2.29 bits per heavy atom. The van der Waals surface area contributed by atoms with Crippen molar-refractivity contribution in [1.82, 2.24) is 0 Å². The Hall–Kier alpha value is -0.140. The van der Waals surface area contributed by atoms with Crippen molar-refractivity contribution < 1.29 is 14.8 Å². The highest BCUT2D eigenvalue weighted by molar-refractivity contribution is 7.33. The number of carboxylic acids is 1. The summed E-state index contributed by atoms with van der Waals surface area (Å²) in [6, 6.07) is 0. The van der Waals surface area contributed by atoms with Crippen LogP contribution in [0.25, 0.3) is 0 Å². The van der Waals surface area contributed by atoms with Crippen molar-refractivity contribution in [2.45, 2.75) is 12.6 Å². The van der Waals surface area contributed by atoms with E-state index in [1.54, 1.807) is 0 Å². The van der Waals surface area contributed by atoms with Crippen molar-refractivity contribution in [3.8, 4) is 0 Å². The van der Waals surface area contributed by atoms with E-state index in [0.717, 1.165) is 0 Å². The second-order valence-corrected chi connectivity index (χ2v) is 2.31. The number of carboxylic acid groups (broad SMARTS) is 1. The van der Waals surface area contributed by atoms with Crippen LogP contribution in [0.3, 0.4) is 0 Å². The molecule has 2 unspecified atom stereocenters. The Labute approximate surface area is 43.2 Å². The second-order valence-electron chi connectivity index (χ2n) is 1.19. The number of aliphatic carboxylic acids is 1. The van der Waals surface area contributed by atoms with Crippen molar-refractivity contribution in [3.05, 3.63) is 0 Å². The van der Waals surface area contributed by atoms with Gasteiger partial charge in [0, 0.05) is 8.81 Å². The van der Waals surface area contributed by atoms with Gasteiger partial charge in [0.15, 0.2) is 0 Å². The Balaban J connectivity index is 3.34. The summed E-state index contributed by atoms with van der Waals surface area (Å²) in [7, 11) is -0.488. The van der Waals surface area contributed by atoms with Crippen molar-refractivity contribution in [3.63, 3.8) is 0 Å². The second kappa shape index (κ2) is 2.94. The largest absolute Gasteiger partial charge is 0.481 e. The standard InChI is InChI=1S/C3H7O3P/c1-2(7-6)3(4)5/h2,6-7H,1H3,(H,4,5). The van der Waals surface area contributed by atoms with Crippen molar-refractivity contribution in [2.75, 3.05) is 0 Å². The summed E-state index contributed by atoms with van der Waals surface area (Å²) in [5.41, 5.74) is -0.597. The quantitative estimate of drug-likeness (QED) is 0.508. The summed E-state index contributed by atoms with van der Waals surface area (Å²) >= 11 is 0. The number of hydrogen-bond acceptors (Lipinski definition) is 2. The number of rotatable bonds is 2. The minimum absolute atomic E-state index is 0.488. The van der Waals surface area contributed by atoms with E-state index in [0.29, 0.717) is 0 Å². The lowest BCUT2D eigenvalue weighted by atomic mass is 10.5. The SMILES string of the molecule is CC(PO)C(=O)O. The van der Waals surface area contributed by atoms with Gasteiger partial charge in [-0.25, -0.2) is 0 Å². The molecule has 0 aliphatic heterocycles. The van der Waals surface area contributed by atoms with E-state index in [4.69, 9.17) is 10.00 Å². The van der Waals surface area contributed by atoms with Gasteiger partial charge in [-0.3, -0.25) is 4.79 Å². The molecule has 0 spiro atoms. The van der Waals surface area contributed by atoms with Crippen molar-refractivity contribution >= 4 is 14.8 Å². The van der Waals surface area contributed by atoms with E-state index >= 15 is 0 Å². The molecule has 4 heteroatoms. The molecule has 0 amide bonds. The fraction of sp³-hybridized carbons (Fsp3) is 0.667. The van der Waals surface area contributed by atoms with Gasteiger partial charge in [0.2, 0.25) is 0 Å². The monoisotopic (exact) mass is 122 g/mol. The maximum atomic E-state index is 9.78. The lowest BCUT2D eigenvalue weighted by molar-refractivity contribution is -0.136. The molecule has 0 aliphatic rings. The van der Waals surface area contributed by atoms with E-state index in [2.05, 4.69) is 0 Å². The van der Waals surface area contributed by atoms with Crippen LogP contribution in [0, 0.1) is 0 Å². The van der Waals surface area contributed by atoms with Crippen LogP contribution >= 0.6 is 8.81 Å². The first-order valence-corrected chi connectivity index (χ1v) is 2.83. The molecule has 0 saturated heterocycles. The van der Waals surface area contributed by atoms with E-state index < -0.39 is 20.4 Å². The van der Waals surface area contributed by atoms with E-state index in [9.17, 15) is 4.79 Å². The average molecular weight is 122 g/mol. The molecule has 2 atom stereocenters. The predicted octanol–water partition coefficient (Wildman–Crippen LogP) is 0.0453. The normalized spacial score (nSPS) is 15.1. The number of carbonyl (C=O) groups is 1. The number of hydrogen-bond donors (Lipinski definition) is 2. The smallest absolute Gasteiger partial charge is 0.312 e. The average Bonchev–Trinajstić information content (AvgIpc) is 1.65. The third kappa shape index (κ3) is 2.54. The molecule has 0 radical (unpaired) electrons. The van der Waals surface area contributed by atoms with Gasteiger partial charge in [0.1, 0.15) is 0 Å². The third-order valence-corrected chi connectivity index (χ3v) is 1.20. The van der Waals surface area contributed by atoms with Crippen LogP contribution in [-0.4, -0.2) is 21.6 Å². The Morgan fingerprint density at radius 2 is 2.29 bits per heavy atom. The molecule has 0 aromatic carbocycles. The van der Waals surface area contributed by atoms with Crippen LogP contribution in [0.15, 0.2) is 0 Å². The van der Waals surface area contributed by atoms with Crippen molar-refractivity contribution in [1.29, 1.82) is 0 Å². The zero-order valence-electron chi connectivity index (χ0n) is 3.88. The summed E-state index contributed by atoms with van der Waals surface area (Å²) in [4.78, 5) is 17.9. The van der Waals surface area contributed by atoms with E-state index in [1.807, 2.05) is 0 Å². The van der Waals surface area contributed by atoms with E-state index in [-0.39, 0.29) is 0 Å². The summed E-state index contributed by atoms with van der Waals surface area (Å²) in [6.07, 6.45) is 0. The van der Waals surface area contributed by atoms with E-state index in [1.165, 1.54) is 6.92 Å². The Bertz CT molecular complexity index is 72.6. The molecular formula is C3H7O3P. The predicted molar refractivity (Wildman–Crippen MR) is 27.6 cm³/mol. The van der Waals surface area contributed by atoms with Gasteiger partial charge >= 0.3 is 5.97 Å². The van der Waals surface area contributed by atoms with Crippen LogP contribution in [0.5, 0.6) is 0 Å². The molecule has 7 heavy (non-hydrogen) atoms. The fourth-order valence-electron chi connectivity index (χ4n) is 0.0552. The molecule has 3 nitrogen and oxygen atoms in total. The van der Waals surface area contributed by atoms with Crippen LogP contribution < -0.4 is 0 Å². The highest BCUT2D eigenvalue weighted by Crippen LogP contribution is 2.10. The fourth-order valence-corrected chi connectivity index (χ4v) is 0.166. The molecule has 0 aromatic heterocycles. The van der Waals surface area contributed by atoms with Gasteiger partial charge in [-0.2, -0.15) is 0 Å². The van der Waals surface area contributed by atoms with Gasteiger partial charge < -0.3 is 10.00 Å². The van der Waals surface area contributed by atoms with Crippen LogP contribution in [-0.2, 0) is 4.79 Å². The highest BCUT2D eigenvalue weighted by Gasteiger charge is 2.06. The van der Waals surface area contributed by atoms with Crippen LogP contribution in [0.2, 0.25) is 0 Å². The van der Waals surface area contributed by atoms with Crippen LogP contribution in [0.1, 0.15) is 6.92 Å². The minimum Gasteiger partial charge on any atom is -0.481 e. The molecule has 0 fully saturated rings. The summed E-state index contributed by atoms with van der Waals surface area (Å²) < 4.78 is 0. The maximum Gasteiger partial charge on any atom is 0.312 e. The molecule has 0 bridgehead atoms. The summed E-state index contributed by atoms with van der Waals surface area (Å²) in [6.45, 7) is 1.46. The zero-order chi connectivity index (χ0) is 5.86. The lowest BCUT2D eigenvalue weighted by Gasteiger charge is -1.95. The molecule has 0 rings (SSSR count). The third-order valence-electron chi connectivity index (χ3n) is 0.564. The first-order chi connectivity index (χ1) is 3.18. The zero-order valence-corrected chi connectivity index (χ0v) is 4.88. The first-order valence-electron chi connectivity index (χ1n) is 1.81. The van der Waals surface area contributed by atoms with Gasteiger partial charge in [-0.05, 0) is 6.92 Å². The summed E-state index contributed by atoms with van der Waals surface area (Å²) in [5.74, 6) is -0.944. The minimum atomic E-state index is -0.944. The lowest BCUT2D eigenvalue weighted by Crippen LogP contribution is -2.08. The van der Waals surface area contributed by atoms with Gasteiger partial charge in [0.05, 0.1) is 5.66 Å². The van der Waals surface area contributed by atoms with Gasteiger partial charge in [0.25, 0.3) is 0 Å². The Morgan fingerprint density at radius 1 is 1.86 bits per heavy atom. The van der Waals surface area contributed by atoms with Crippen molar-refractivity contribution in [2.24, 2.45) is 0 Å². The summed E-state index contributed by atoms with van der Waals surface area (Å²) in [5, 5.41) is 8.03. The van der Waals surface area contributed by atoms with Gasteiger partial charge in [-0.15, -0.1) is 0 Å². The molecule has 0 heterocycles. The first kappa shape index (κ1) is 6.86. The molecular weight excluding hydrogens is 115 g/mol. The van der Waals surface area contributed by atoms with Gasteiger partial charge in [-0.1, -0.05) is 0 Å². The molecule has 0 aliphatic carbocycles. The molecule has 0 saturated carbocycles. The topological polar surface area (TPSA) is 57.5 Å². The molecule has 42 valence electrons. The molecule has 0 aromatic rings. The Kier molecular flexibility index (Phi) is 2.88. The molecule has 2 N–H and O–H groups in total. The van der Waals surface area contributed by atoms with Crippen LogP contribution in [0.4, 0.5) is 0 Å².